The molecule has 1 aliphatic heterocycles. The molecule has 112 valence electrons. The number of likely N-dealkylation sites (tertiary alicyclic amines) is 1. The predicted molar refractivity (Wildman–Crippen MR) is 80.1 cm³/mol. The van der Waals surface area contributed by atoms with Crippen LogP contribution in [0.1, 0.15) is 58.8 Å². The van der Waals surface area contributed by atoms with E-state index in [1.165, 1.54) is 44.9 Å². The zero-order valence-corrected chi connectivity index (χ0v) is 13.1. The molecule has 2 heteroatoms. The van der Waals surface area contributed by atoms with E-state index in [0.29, 0.717) is 17.7 Å². The number of amides is 1. The highest BCUT2D eigenvalue weighted by Crippen LogP contribution is 2.60. The lowest BCUT2D eigenvalue weighted by Gasteiger charge is -2.57. The highest BCUT2D eigenvalue weighted by Gasteiger charge is 2.55. The van der Waals surface area contributed by atoms with Gasteiger partial charge in [-0.25, -0.2) is 0 Å². The fourth-order valence-corrected chi connectivity index (χ4v) is 6.54. The summed E-state index contributed by atoms with van der Waals surface area (Å²) >= 11 is 0. The van der Waals surface area contributed by atoms with Crippen molar-refractivity contribution in [2.75, 3.05) is 13.1 Å². The van der Waals surface area contributed by atoms with Gasteiger partial charge in [0.1, 0.15) is 0 Å². The minimum Gasteiger partial charge on any atom is -0.342 e. The molecule has 2 nitrogen and oxygen atoms in total. The van der Waals surface area contributed by atoms with Crippen LogP contribution in [-0.2, 0) is 4.79 Å². The van der Waals surface area contributed by atoms with Crippen LogP contribution < -0.4 is 0 Å². The van der Waals surface area contributed by atoms with Gasteiger partial charge in [-0.3, -0.25) is 4.79 Å². The Morgan fingerprint density at radius 1 is 0.850 bits per heavy atom. The fourth-order valence-electron chi connectivity index (χ4n) is 6.54. The summed E-state index contributed by atoms with van der Waals surface area (Å²) in [5, 5.41) is 0. The van der Waals surface area contributed by atoms with Crippen LogP contribution >= 0.6 is 0 Å². The van der Waals surface area contributed by atoms with Crippen LogP contribution in [0.15, 0.2) is 0 Å². The van der Waals surface area contributed by atoms with Gasteiger partial charge >= 0.3 is 0 Å². The fraction of sp³-hybridized carbons (Fsp3) is 0.944. The highest BCUT2D eigenvalue weighted by atomic mass is 16.2. The molecule has 1 amide bonds. The van der Waals surface area contributed by atoms with E-state index in [0.717, 1.165) is 30.8 Å². The Hall–Kier alpha value is -0.530. The summed E-state index contributed by atoms with van der Waals surface area (Å²) in [6, 6.07) is 0. The lowest BCUT2D eigenvalue weighted by atomic mass is 9.49. The molecule has 1 heterocycles. The second kappa shape index (κ2) is 4.48. The monoisotopic (exact) mass is 275 g/mol. The summed E-state index contributed by atoms with van der Waals surface area (Å²) in [5.41, 5.74) is 0.0749. The van der Waals surface area contributed by atoms with E-state index in [1.807, 2.05) is 0 Å². The molecule has 0 N–H and O–H groups in total. The van der Waals surface area contributed by atoms with Crippen molar-refractivity contribution < 1.29 is 4.79 Å². The Labute approximate surface area is 123 Å². The first-order chi connectivity index (χ1) is 9.54. The molecule has 0 aromatic heterocycles. The van der Waals surface area contributed by atoms with E-state index >= 15 is 0 Å². The van der Waals surface area contributed by atoms with Gasteiger partial charge in [-0.15, -0.1) is 0 Å². The standard InChI is InChI=1S/C18H29NO/c1-12-3-13(2)11-19(10-12)17(20)18-7-14-4-15(8-18)6-16(5-14)9-18/h12-16H,3-11H2,1-2H3. The van der Waals surface area contributed by atoms with Gasteiger partial charge < -0.3 is 4.90 Å². The van der Waals surface area contributed by atoms with E-state index < -0.39 is 0 Å². The molecule has 1 saturated heterocycles. The predicted octanol–water partition coefficient (Wildman–Crippen LogP) is 3.71. The maximum atomic E-state index is 13.3. The Balaban J connectivity index is 1.56. The van der Waals surface area contributed by atoms with Gasteiger partial charge in [0.15, 0.2) is 0 Å². The quantitative estimate of drug-likeness (QED) is 0.714. The number of carbonyl (C=O) groups excluding carboxylic acids is 1. The van der Waals surface area contributed by atoms with Crippen LogP contribution in [0.3, 0.4) is 0 Å². The van der Waals surface area contributed by atoms with Gasteiger partial charge in [-0.2, -0.15) is 0 Å². The van der Waals surface area contributed by atoms with Crippen molar-refractivity contribution in [1.82, 2.24) is 4.90 Å². The van der Waals surface area contributed by atoms with Crippen molar-refractivity contribution >= 4 is 5.91 Å². The molecular weight excluding hydrogens is 246 g/mol. The van der Waals surface area contributed by atoms with Crippen LogP contribution in [0.2, 0.25) is 0 Å². The van der Waals surface area contributed by atoms with Crippen molar-refractivity contribution in [1.29, 1.82) is 0 Å². The Morgan fingerprint density at radius 3 is 1.75 bits per heavy atom. The van der Waals surface area contributed by atoms with Crippen molar-refractivity contribution in [3.05, 3.63) is 0 Å². The van der Waals surface area contributed by atoms with Gasteiger partial charge in [0.05, 0.1) is 5.41 Å². The largest absolute Gasteiger partial charge is 0.342 e. The van der Waals surface area contributed by atoms with Gasteiger partial charge in [-0.05, 0) is 74.5 Å². The average molecular weight is 275 g/mol. The summed E-state index contributed by atoms with van der Waals surface area (Å²) in [6.45, 7) is 6.67. The molecule has 0 aromatic carbocycles. The first kappa shape index (κ1) is 13.2. The first-order valence-electron chi connectivity index (χ1n) is 8.83. The van der Waals surface area contributed by atoms with Crippen molar-refractivity contribution in [2.24, 2.45) is 35.0 Å². The molecule has 0 aromatic rings. The third-order valence-electron chi connectivity index (χ3n) is 6.65. The maximum Gasteiger partial charge on any atom is 0.228 e. The van der Waals surface area contributed by atoms with Crippen molar-refractivity contribution in [3.8, 4) is 0 Å². The minimum atomic E-state index is 0.0749. The molecule has 5 fully saturated rings. The summed E-state index contributed by atoms with van der Waals surface area (Å²) in [5.74, 6) is 4.57. The molecule has 0 radical (unpaired) electrons. The normalized spacial score (nSPS) is 50.5. The number of rotatable bonds is 1. The molecule has 2 atom stereocenters. The smallest absolute Gasteiger partial charge is 0.228 e. The van der Waals surface area contributed by atoms with Crippen LogP contribution in [0.4, 0.5) is 0 Å². The molecule has 20 heavy (non-hydrogen) atoms. The van der Waals surface area contributed by atoms with Crippen molar-refractivity contribution in [2.45, 2.75) is 58.8 Å². The summed E-state index contributed by atoms with van der Waals surface area (Å²) in [7, 11) is 0. The van der Waals surface area contributed by atoms with E-state index in [-0.39, 0.29) is 5.41 Å². The van der Waals surface area contributed by atoms with Gasteiger partial charge in [-0.1, -0.05) is 13.8 Å². The average Bonchev–Trinajstić information content (AvgIpc) is 2.35. The summed E-state index contributed by atoms with van der Waals surface area (Å²) < 4.78 is 0. The van der Waals surface area contributed by atoms with Gasteiger partial charge in [0, 0.05) is 13.1 Å². The summed E-state index contributed by atoms with van der Waals surface area (Å²) in [6.07, 6.45) is 9.24. The number of piperidine rings is 1. The maximum absolute atomic E-state index is 13.3. The zero-order chi connectivity index (χ0) is 13.9. The molecule has 5 rings (SSSR count). The van der Waals surface area contributed by atoms with Crippen LogP contribution in [-0.4, -0.2) is 23.9 Å². The molecule has 5 aliphatic rings. The Bertz CT molecular complexity index is 370. The van der Waals surface area contributed by atoms with Crippen molar-refractivity contribution in [3.63, 3.8) is 0 Å². The topological polar surface area (TPSA) is 20.3 Å². The number of nitrogens with zero attached hydrogens (tertiary/aromatic N) is 1. The molecule has 4 bridgehead atoms. The van der Waals surface area contributed by atoms with Gasteiger partial charge in [0.25, 0.3) is 0 Å². The molecule has 2 unspecified atom stereocenters. The number of carbonyl (C=O) groups is 1. The molecule has 4 saturated carbocycles. The Morgan fingerprint density at radius 2 is 1.30 bits per heavy atom. The zero-order valence-electron chi connectivity index (χ0n) is 13.1. The van der Waals surface area contributed by atoms with Crippen LogP contribution in [0, 0.1) is 35.0 Å². The lowest BCUT2D eigenvalue weighted by Crippen LogP contribution is -2.56. The second-order valence-electron chi connectivity index (χ2n) is 8.85. The lowest BCUT2D eigenvalue weighted by molar-refractivity contribution is -0.160. The van der Waals surface area contributed by atoms with E-state index in [9.17, 15) is 4.79 Å². The summed E-state index contributed by atoms with van der Waals surface area (Å²) in [4.78, 5) is 15.5. The highest BCUT2D eigenvalue weighted by molar-refractivity contribution is 5.83. The molecule has 4 aliphatic carbocycles. The van der Waals surface area contributed by atoms with E-state index in [1.54, 1.807) is 0 Å². The van der Waals surface area contributed by atoms with Gasteiger partial charge in [0.2, 0.25) is 5.91 Å². The Kier molecular flexibility index (Phi) is 2.95. The van der Waals surface area contributed by atoms with Crippen LogP contribution in [0.25, 0.3) is 0 Å². The minimum absolute atomic E-state index is 0.0749. The van der Waals surface area contributed by atoms with E-state index in [4.69, 9.17) is 0 Å². The first-order valence-corrected chi connectivity index (χ1v) is 8.83. The molecular formula is C18H29NO. The number of hydrogen-bond acceptors (Lipinski definition) is 1. The SMILES string of the molecule is CC1CC(C)CN(C(=O)C23CC4CC(CC(C4)C2)C3)C1. The van der Waals surface area contributed by atoms with Crippen LogP contribution in [0.5, 0.6) is 0 Å². The third kappa shape index (κ3) is 2.02. The second-order valence-corrected chi connectivity index (χ2v) is 8.85. The molecule has 0 spiro atoms. The number of hydrogen-bond donors (Lipinski definition) is 0. The third-order valence-corrected chi connectivity index (χ3v) is 6.65. The van der Waals surface area contributed by atoms with E-state index in [2.05, 4.69) is 18.7 Å².